The Bertz CT molecular complexity index is 418. The fourth-order valence-electron chi connectivity index (χ4n) is 1.69. The molecule has 1 aromatic rings. The summed E-state index contributed by atoms with van der Waals surface area (Å²) in [5.41, 5.74) is -3.72. The quantitative estimate of drug-likeness (QED) is 0.847. The molecule has 1 aliphatic rings. The Morgan fingerprint density at radius 3 is 2.56 bits per heavy atom. The lowest BCUT2D eigenvalue weighted by molar-refractivity contribution is -0.0924. The third-order valence-electron chi connectivity index (χ3n) is 2.72. The highest BCUT2D eigenvalue weighted by molar-refractivity contribution is 8.00. The van der Waals surface area contributed by atoms with E-state index in [1.54, 1.807) is 18.2 Å². The number of anilines is 1. The van der Waals surface area contributed by atoms with Crippen LogP contribution in [-0.2, 0) is 4.74 Å². The molecular formula is C12H14F3NOS. The monoisotopic (exact) mass is 277 g/mol. The first-order valence-corrected chi connectivity index (χ1v) is 6.36. The van der Waals surface area contributed by atoms with Crippen LogP contribution >= 0.6 is 11.8 Å². The molecule has 2 nitrogen and oxygen atoms in total. The van der Waals surface area contributed by atoms with Gasteiger partial charge in [0, 0.05) is 22.5 Å². The number of alkyl halides is 3. The summed E-state index contributed by atoms with van der Waals surface area (Å²) >= 11 is -0.0902. The molecule has 0 radical (unpaired) electrons. The lowest BCUT2D eigenvalue weighted by Crippen LogP contribution is -2.45. The zero-order valence-corrected chi connectivity index (χ0v) is 10.7. The second-order valence-electron chi connectivity index (χ2n) is 4.70. The number of hydrogen-bond acceptors (Lipinski definition) is 3. The molecule has 0 spiro atoms. The van der Waals surface area contributed by atoms with Crippen LogP contribution in [0.5, 0.6) is 0 Å². The predicted molar refractivity (Wildman–Crippen MR) is 65.8 cm³/mol. The average Bonchev–Trinajstić information content (AvgIpc) is 2.23. The minimum atomic E-state index is -4.26. The first-order valence-electron chi connectivity index (χ1n) is 5.54. The average molecular weight is 277 g/mol. The predicted octanol–water partition coefficient (Wildman–Crippen LogP) is 3.75. The normalized spacial score (nSPS) is 18.2. The van der Waals surface area contributed by atoms with Gasteiger partial charge in [-0.25, -0.2) is 0 Å². The summed E-state index contributed by atoms with van der Waals surface area (Å²) in [6.07, 6.45) is 0. The molecule has 1 heterocycles. The fraction of sp³-hybridized carbons (Fsp3) is 0.500. The zero-order chi connectivity index (χ0) is 13.2. The van der Waals surface area contributed by atoms with Crippen LogP contribution in [0.25, 0.3) is 0 Å². The van der Waals surface area contributed by atoms with Gasteiger partial charge in [-0.3, -0.25) is 0 Å². The topological polar surface area (TPSA) is 21.3 Å². The Morgan fingerprint density at radius 2 is 2.00 bits per heavy atom. The summed E-state index contributed by atoms with van der Waals surface area (Å²) in [6.45, 7) is 3.95. The molecular weight excluding hydrogens is 263 g/mol. The first kappa shape index (κ1) is 13.5. The van der Waals surface area contributed by atoms with E-state index in [1.807, 2.05) is 6.92 Å². The lowest BCUT2D eigenvalue weighted by Gasteiger charge is -2.38. The zero-order valence-electron chi connectivity index (χ0n) is 9.88. The van der Waals surface area contributed by atoms with Crippen molar-refractivity contribution >= 4 is 17.4 Å². The second kappa shape index (κ2) is 5.01. The molecule has 1 saturated heterocycles. The molecule has 0 bridgehead atoms. The molecule has 2 rings (SSSR count). The lowest BCUT2D eigenvalue weighted by atomic mass is 9.89. The van der Waals surface area contributed by atoms with Crippen LogP contribution in [0.3, 0.4) is 0 Å². The molecule has 1 aromatic carbocycles. The van der Waals surface area contributed by atoms with E-state index in [0.717, 1.165) is 0 Å². The molecule has 6 heteroatoms. The van der Waals surface area contributed by atoms with Gasteiger partial charge in [0.25, 0.3) is 0 Å². The van der Waals surface area contributed by atoms with Crippen molar-refractivity contribution in [3.8, 4) is 0 Å². The van der Waals surface area contributed by atoms with E-state index in [1.165, 1.54) is 6.07 Å². The van der Waals surface area contributed by atoms with Crippen LogP contribution in [0.1, 0.15) is 6.92 Å². The minimum absolute atomic E-state index is 0.0238. The molecule has 1 aliphatic heterocycles. The maximum atomic E-state index is 12.4. The van der Waals surface area contributed by atoms with Gasteiger partial charge in [-0.1, -0.05) is 19.1 Å². The van der Waals surface area contributed by atoms with Crippen LogP contribution in [0, 0.1) is 5.41 Å². The summed E-state index contributed by atoms with van der Waals surface area (Å²) in [7, 11) is 0. The van der Waals surface area contributed by atoms with Crippen LogP contribution in [0.15, 0.2) is 29.2 Å². The van der Waals surface area contributed by atoms with Crippen molar-refractivity contribution in [2.24, 2.45) is 5.41 Å². The second-order valence-corrected chi connectivity index (χ2v) is 5.81. The summed E-state index contributed by atoms with van der Waals surface area (Å²) < 4.78 is 42.3. The SMILES string of the molecule is CC1(CNc2ccccc2SC(F)(F)F)COC1. The number of halogens is 3. The van der Waals surface area contributed by atoms with Crippen molar-refractivity contribution in [3.05, 3.63) is 24.3 Å². The van der Waals surface area contributed by atoms with Crippen molar-refractivity contribution in [1.82, 2.24) is 0 Å². The minimum Gasteiger partial charge on any atom is -0.383 e. The highest BCUT2D eigenvalue weighted by atomic mass is 32.2. The van der Waals surface area contributed by atoms with Gasteiger partial charge in [0.05, 0.1) is 13.2 Å². The van der Waals surface area contributed by atoms with Crippen LogP contribution < -0.4 is 5.32 Å². The van der Waals surface area contributed by atoms with E-state index >= 15 is 0 Å². The highest BCUT2D eigenvalue weighted by Gasteiger charge is 2.34. The van der Waals surface area contributed by atoms with Crippen molar-refractivity contribution in [2.75, 3.05) is 25.1 Å². The Balaban J connectivity index is 2.03. The summed E-state index contributed by atoms with van der Waals surface area (Å²) in [5.74, 6) is 0. The maximum absolute atomic E-state index is 12.4. The van der Waals surface area contributed by atoms with E-state index in [0.29, 0.717) is 25.4 Å². The van der Waals surface area contributed by atoms with Crippen LogP contribution in [0.2, 0.25) is 0 Å². The van der Waals surface area contributed by atoms with Gasteiger partial charge in [-0.2, -0.15) is 13.2 Å². The molecule has 0 atom stereocenters. The van der Waals surface area contributed by atoms with E-state index < -0.39 is 5.51 Å². The Hall–Kier alpha value is -0.880. The van der Waals surface area contributed by atoms with Crippen molar-refractivity contribution in [1.29, 1.82) is 0 Å². The molecule has 100 valence electrons. The number of rotatable bonds is 4. The third kappa shape index (κ3) is 3.55. The first-order chi connectivity index (χ1) is 8.38. The van der Waals surface area contributed by atoms with Gasteiger partial charge < -0.3 is 10.1 Å². The molecule has 0 unspecified atom stereocenters. The van der Waals surface area contributed by atoms with E-state index in [4.69, 9.17) is 4.74 Å². The highest BCUT2D eigenvalue weighted by Crippen LogP contribution is 2.40. The van der Waals surface area contributed by atoms with Gasteiger partial charge in [0.1, 0.15) is 0 Å². The van der Waals surface area contributed by atoms with Crippen LogP contribution in [-0.4, -0.2) is 25.3 Å². The van der Waals surface area contributed by atoms with E-state index in [2.05, 4.69) is 5.32 Å². The number of para-hydroxylation sites is 1. The largest absolute Gasteiger partial charge is 0.446 e. The molecule has 0 amide bonds. The number of ether oxygens (including phenoxy) is 1. The fourth-order valence-corrected chi connectivity index (χ4v) is 2.33. The van der Waals surface area contributed by atoms with Gasteiger partial charge in [0.15, 0.2) is 0 Å². The van der Waals surface area contributed by atoms with Gasteiger partial charge in [-0.15, -0.1) is 0 Å². The number of nitrogens with one attached hydrogen (secondary N) is 1. The van der Waals surface area contributed by atoms with Crippen molar-refractivity contribution in [2.45, 2.75) is 17.3 Å². The van der Waals surface area contributed by atoms with Crippen LogP contribution in [0.4, 0.5) is 18.9 Å². The maximum Gasteiger partial charge on any atom is 0.446 e. The summed E-state index contributed by atoms with van der Waals surface area (Å²) in [4.78, 5) is 0.203. The number of benzene rings is 1. The third-order valence-corrected chi connectivity index (χ3v) is 3.53. The Labute approximate surface area is 108 Å². The van der Waals surface area contributed by atoms with E-state index in [-0.39, 0.29) is 22.1 Å². The smallest absolute Gasteiger partial charge is 0.383 e. The van der Waals surface area contributed by atoms with Crippen molar-refractivity contribution in [3.63, 3.8) is 0 Å². The summed E-state index contributed by atoms with van der Waals surface area (Å²) in [5, 5.41) is 3.08. The molecule has 1 fully saturated rings. The Morgan fingerprint density at radius 1 is 1.33 bits per heavy atom. The molecule has 0 saturated carbocycles. The number of hydrogen-bond donors (Lipinski definition) is 1. The van der Waals surface area contributed by atoms with Gasteiger partial charge in [-0.05, 0) is 23.9 Å². The van der Waals surface area contributed by atoms with Gasteiger partial charge in [0.2, 0.25) is 0 Å². The summed E-state index contributed by atoms with van der Waals surface area (Å²) in [6, 6.07) is 6.47. The molecule has 0 aliphatic carbocycles. The molecule has 18 heavy (non-hydrogen) atoms. The van der Waals surface area contributed by atoms with E-state index in [9.17, 15) is 13.2 Å². The Kier molecular flexibility index (Phi) is 3.77. The van der Waals surface area contributed by atoms with Gasteiger partial charge >= 0.3 is 5.51 Å². The standard InChI is InChI=1S/C12H14F3NOS/c1-11(7-17-8-11)6-16-9-4-2-3-5-10(9)18-12(13,14)15/h2-5,16H,6-8H2,1H3. The number of thioether (sulfide) groups is 1. The molecule has 1 N–H and O–H groups in total. The van der Waals surface area contributed by atoms with Crippen molar-refractivity contribution < 1.29 is 17.9 Å². The molecule has 0 aromatic heterocycles.